The fraction of sp³-hybridized carbons (Fsp3) is 0.632. The van der Waals surface area contributed by atoms with E-state index in [0.29, 0.717) is 12.5 Å². The van der Waals surface area contributed by atoms with E-state index in [9.17, 15) is 4.79 Å². The Labute approximate surface area is 135 Å². The van der Waals surface area contributed by atoms with Crippen LogP contribution in [-0.4, -0.2) is 24.1 Å². The Morgan fingerprint density at radius 2 is 1.77 bits per heavy atom. The molecule has 1 aliphatic heterocycles. The third-order valence-corrected chi connectivity index (χ3v) is 4.40. The number of carbonyl (C=O) groups excluding carboxylic acids is 1. The van der Waals surface area contributed by atoms with Gasteiger partial charge in [0, 0.05) is 13.1 Å². The van der Waals surface area contributed by atoms with E-state index < -0.39 is 0 Å². The molecule has 1 fully saturated rings. The highest BCUT2D eigenvalue weighted by Crippen LogP contribution is 2.28. The molecular weight excluding hydrogens is 274 g/mol. The average molecular weight is 305 g/mol. The van der Waals surface area contributed by atoms with Crippen LogP contribution in [0.5, 0.6) is 0 Å². The fourth-order valence-electron chi connectivity index (χ4n) is 3.06. The molecule has 124 valence electrons. The van der Waals surface area contributed by atoms with Crippen LogP contribution in [0.15, 0.2) is 30.3 Å². The number of rotatable bonds is 4. The molecule has 0 aromatic heterocycles. The molecule has 1 saturated heterocycles. The van der Waals surface area contributed by atoms with Crippen molar-refractivity contribution in [2.45, 2.75) is 53.6 Å². The number of hydrogen-bond acceptors (Lipinski definition) is 2. The molecule has 22 heavy (non-hydrogen) atoms. The summed E-state index contributed by atoms with van der Waals surface area (Å²) in [7, 11) is 0. The van der Waals surface area contributed by atoms with E-state index in [2.05, 4.69) is 13.8 Å². The average Bonchev–Trinajstić information content (AvgIpc) is 2.61. The first-order valence-corrected chi connectivity index (χ1v) is 8.70. The molecule has 0 aliphatic carbocycles. The fourth-order valence-corrected chi connectivity index (χ4v) is 3.06. The summed E-state index contributed by atoms with van der Waals surface area (Å²) in [5, 5.41) is 0. The van der Waals surface area contributed by atoms with Crippen molar-refractivity contribution in [2.24, 2.45) is 11.8 Å². The van der Waals surface area contributed by atoms with Gasteiger partial charge in [-0.2, -0.15) is 0 Å². The van der Waals surface area contributed by atoms with E-state index in [0.717, 1.165) is 37.4 Å². The summed E-state index contributed by atoms with van der Waals surface area (Å²) >= 11 is 0. The Hall–Kier alpha value is -1.51. The van der Waals surface area contributed by atoms with Crippen molar-refractivity contribution in [1.29, 1.82) is 0 Å². The Bertz CT molecular complexity index is 419. The van der Waals surface area contributed by atoms with Crippen molar-refractivity contribution < 1.29 is 9.53 Å². The summed E-state index contributed by atoms with van der Waals surface area (Å²) in [6, 6.07) is 9.84. The Morgan fingerprint density at radius 1 is 1.14 bits per heavy atom. The third kappa shape index (κ3) is 5.36. The van der Waals surface area contributed by atoms with Crippen LogP contribution in [0, 0.1) is 11.8 Å². The number of ether oxygens (including phenoxy) is 1. The lowest BCUT2D eigenvalue weighted by Gasteiger charge is -2.37. The van der Waals surface area contributed by atoms with E-state index in [1.165, 1.54) is 6.42 Å². The van der Waals surface area contributed by atoms with Gasteiger partial charge in [0.05, 0.1) is 0 Å². The summed E-state index contributed by atoms with van der Waals surface area (Å²) in [6.45, 7) is 10.5. The van der Waals surface area contributed by atoms with Gasteiger partial charge < -0.3 is 9.64 Å². The maximum absolute atomic E-state index is 12.1. The standard InChI is InChI=1S/C17H25NO2.C2H6/c1-3-15-10-11-18(12-16(15)4-2)17(19)20-13-14-8-6-5-7-9-14;1-2/h5-9,15-16H,3-4,10-13H2,1-2H3;1-2H3/t15-,16?;/m0./s1. The van der Waals surface area contributed by atoms with Crippen LogP contribution in [0.3, 0.4) is 0 Å². The minimum Gasteiger partial charge on any atom is -0.445 e. The number of benzene rings is 1. The summed E-state index contributed by atoms with van der Waals surface area (Å²) in [5.74, 6) is 1.39. The minimum absolute atomic E-state index is 0.165. The van der Waals surface area contributed by atoms with E-state index in [1.54, 1.807) is 0 Å². The molecule has 0 N–H and O–H groups in total. The molecule has 0 radical (unpaired) electrons. The number of amides is 1. The van der Waals surface area contributed by atoms with E-state index in [1.807, 2.05) is 49.1 Å². The Balaban J connectivity index is 0.00000116. The van der Waals surface area contributed by atoms with Gasteiger partial charge in [-0.25, -0.2) is 4.79 Å². The van der Waals surface area contributed by atoms with Crippen molar-refractivity contribution in [3.63, 3.8) is 0 Å². The molecule has 0 bridgehead atoms. The predicted octanol–water partition coefficient (Wildman–Crippen LogP) is 5.11. The topological polar surface area (TPSA) is 29.5 Å². The molecular formula is C19H31NO2. The van der Waals surface area contributed by atoms with Crippen LogP contribution in [-0.2, 0) is 11.3 Å². The molecule has 1 amide bonds. The second-order valence-corrected chi connectivity index (χ2v) is 5.61. The number of carbonyl (C=O) groups is 1. The lowest BCUT2D eigenvalue weighted by molar-refractivity contribution is 0.0625. The van der Waals surface area contributed by atoms with Crippen molar-refractivity contribution in [3.05, 3.63) is 35.9 Å². The molecule has 1 aromatic rings. The molecule has 2 rings (SSSR count). The predicted molar refractivity (Wildman–Crippen MR) is 91.7 cm³/mol. The second kappa shape index (κ2) is 10.3. The summed E-state index contributed by atoms with van der Waals surface area (Å²) < 4.78 is 5.42. The first kappa shape index (κ1) is 18.5. The zero-order valence-electron chi connectivity index (χ0n) is 14.5. The smallest absolute Gasteiger partial charge is 0.410 e. The number of likely N-dealkylation sites (tertiary alicyclic amines) is 1. The van der Waals surface area contributed by atoms with E-state index in [-0.39, 0.29) is 6.09 Å². The van der Waals surface area contributed by atoms with Crippen LogP contribution in [0.25, 0.3) is 0 Å². The summed E-state index contributed by atoms with van der Waals surface area (Å²) in [6.07, 6.45) is 3.30. The van der Waals surface area contributed by atoms with Crippen LogP contribution < -0.4 is 0 Å². The Kier molecular flexibility index (Phi) is 8.64. The van der Waals surface area contributed by atoms with E-state index >= 15 is 0 Å². The summed E-state index contributed by atoms with van der Waals surface area (Å²) in [5.41, 5.74) is 1.04. The number of nitrogens with zero attached hydrogens (tertiary/aromatic N) is 1. The SMILES string of the molecule is CC.CCC1CN(C(=O)OCc2ccccc2)CC[C@@H]1CC. The lowest BCUT2D eigenvalue weighted by Crippen LogP contribution is -2.43. The van der Waals surface area contributed by atoms with Crippen molar-refractivity contribution in [1.82, 2.24) is 4.90 Å². The van der Waals surface area contributed by atoms with Gasteiger partial charge >= 0.3 is 6.09 Å². The number of hydrogen-bond donors (Lipinski definition) is 0. The van der Waals surface area contributed by atoms with Crippen molar-refractivity contribution in [3.8, 4) is 0 Å². The molecule has 1 heterocycles. The number of piperidine rings is 1. The maximum atomic E-state index is 12.1. The highest BCUT2D eigenvalue weighted by Gasteiger charge is 2.29. The third-order valence-electron chi connectivity index (χ3n) is 4.40. The van der Waals surface area contributed by atoms with Gasteiger partial charge in [-0.1, -0.05) is 70.9 Å². The van der Waals surface area contributed by atoms with E-state index in [4.69, 9.17) is 4.74 Å². The monoisotopic (exact) mass is 305 g/mol. The second-order valence-electron chi connectivity index (χ2n) is 5.61. The molecule has 0 saturated carbocycles. The molecule has 0 spiro atoms. The highest BCUT2D eigenvalue weighted by molar-refractivity contribution is 5.67. The molecule has 1 aliphatic rings. The molecule has 3 heteroatoms. The molecule has 1 unspecified atom stereocenters. The normalized spacial score (nSPS) is 20.8. The molecule has 3 nitrogen and oxygen atoms in total. The van der Waals surface area contributed by atoms with Crippen molar-refractivity contribution >= 4 is 6.09 Å². The zero-order valence-corrected chi connectivity index (χ0v) is 14.5. The summed E-state index contributed by atoms with van der Waals surface area (Å²) in [4.78, 5) is 14.0. The van der Waals surface area contributed by atoms with Crippen LogP contribution >= 0.6 is 0 Å². The first-order chi connectivity index (χ1) is 10.7. The zero-order chi connectivity index (χ0) is 16.4. The van der Waals surface area contributed by atoms with Gasteiger partial charge in [-0.15, -0.1) is 0 Å². The van der Waals surface area contributed by atoms with Gasteiger partial charge in [-0.3, -0.25) is 0 Å². The van der Waals surface area contributed by atoms with Gasteiger partial charge in [0.15, 0.2) is 0 Å². The molecule has 2 atom stereocenters. The van der Waals surface area contributed by atoms with Gasteiger partial charge in [0.1, 0.15) is 6.61 Å². The highest BCUT2D eigenvalue weighted by atomic mass is 16.6. The van der Waals surface area contributed by atoms with Crippen LogP contribution in [0.2, 0.25) is 0 Å². The maximum Gasteiger partial charge on any atom is 0.410 e. The van der Waals surface area contributed by atoms with Crippen molar-refractivity contribution in [2.75, 3.05) is 13.1 Å². The van der Waals surface area contributed by atoms with Gasteiger partial charge in [0.25, 0.3) is 0 Å². The van der Waals surface area contributed by atoms with Gasteiger partial charge in [-0.05, 0) is 23.8 Å². The van der Waals surface area contributed by atoms with Crippen LogP contribution in [0.1, 0.15) is 52.5 Å². The van der Waals surface area contributed by atoms with Crippen LogP contribution in [0.4, 0.5) is 4.79 Å². The minimum atomic E-state index is -0.165. The Morgan fingerprint density at radius 3 is 2.36 bits per heavy atom. The van der Waals surface area contributed by atoms with Gasteiger partial charge in [0.2, 0.25) is 0 Å². The first-order valence-electron chi connectivity index (χ1n) is 8.70. The lowest BCUT2D eigenvalue weighted by atomic mass is 9.82. The molecule has 1 aromatic carbocycles. The quantitative estimate of drug-likeness (QED) is 0.774. The largest absolute Gasteiger partial charge is 0.445 e.